The van der Waals surface area contributed by atoms with Crippen LogP contribution in [0.2, 0.25) is 0 Å². The normalized spacial score (nSPS) is 25.1. The predicted octanol–water partition coefficient (Wildman–Crippen LogP) is 2.17. The lowest BCUT2D eigenvalue weighted by Gasteiger charge is -2.23. The van der Waals surface area contributed by atoms with Gasteiger partial charge in [-0.1, -0.05) is 0 Å². The van der Waals surface area contributed by atoms with E-state index in [1.165, 1.54) is 18.4 Å². The summed E-state index contributed by atoms with van der Waals surface area (Å²) in [5.74, 6) is 0. The number of hydrogen-bond acceptors (Lipinski definition) is 2. The molecule has 0 spiro atoms. The van der Waals surface area contributed by atoms with Gasteiger partial charge in [0.15, 0.2) is 0 Å². The largest absolute Gasteiger partial charge is 0.374 e. The van der Waals surface area contributed by atoms with Crippen LogP contribution in [0.25, 0.3) is 0 Å². The first-order valence-electron chi connectivity index (χ1n) is 6.21. The van der Waals surface area contributed by atoms with Crippen molar-refractivity contribution in [2.75, 3.05) is 13.2 Å². The second-order valence-electron chi connectivity index (χ2n) is 4.86. The summed E-state index contributed by atoms with van der Waals surface area (Å²) in [6, 6.07) is 2.17. The standard InChI is InChI=1S/C13H22N2O/c1-3-15-7-5-12(10-15)9-14-11-13(2)6-4-8-16-13/h5,7,10,14H,3-4,6,8-9,11H2,1-2H3. The lowest BCUT2D eigenvalue weighted by Crippen LogP contribution is -2.36. The fraction of sp³-hybridized carbons (Fsp3) is 0.692. The Kier molecular flexibility index (Phi) is 3.66. The van der Waals surface area contributed by atoms with E-state index in [4.69, 9.17) is 4.74 Å². The van der Waals surface area contributed by atoms with Crippen molar-refractivity contribution in [3.05, 3.63) is 24.0 Å². The van der Waals surface area contributed by atoms with Crippen molar-refractivity contribution in [3.8, 4) is 0 Å². The molecule has 1 aliphatic heterocycles. The highest BCUT2D eigenvalue weighted by atomic mass is 16.5. The summed E-state index contributed by atoms with van der Waals surface area (Å²) in [5, 5.41) is 3.48. The van der Waals surface area contributed by atoms with Gasteiger partial charge in [-0.3, -0.25) is 0 Å². The van der Waals surface area contributed by atoms with Crippen LogP contribution >= 0.6 is 0 Å². The average Bonchev–Trinajstić information content (AvgIpc) is 2.88. The lowest BCUT2D eigenvalue weighted by atomic mass is 10.0. The summed E-state index contributed by atoms with van der Waals surface area (Å²) >= 11 is 0. The topological polar surface area (TPSA) is 26.2 Å². The molecule has 3 heteroatoms. The molecule has 1 aromatic heterocycles. The highest BCUT2D eigenvalue weighted by molar-refractivity contribution is 5.09. The Labute approximate surface area is 97.8 Å². The molecule has 0 amide bonds. The molecule has 2 heterocycles. The molecule has 0 bridgehead atoms. The Morgan fingerprint density at radius 1 is 1.56 bits per heavy atom. The highest BCUT2D eigenvalue weighted by Gasteiger charge is 2.28. The van der Waals surface area contributed by atoms with Crippen LogP contribution in [0.5, 0.6) is 0 Å². The second kappa shape index (κ2) is 5.02. The maximum Gasteiger partial charge on any atom is 0.0779 e. The van der Waals surface area contributed by atoms with Crippen LogP contribution in [0.4, 0.5) is 0 Å². The number of nitrogens with one attached hydrogen (secondary N) is 1. The van der Waals surface area contributed by atoms with Crippen molar-refractivity contribution in [1.29, 1.82) is 0 Å². The van der Waals surface area contributed by atoms with Gasteiger partial charge < -0.3 is 14.6 Å². The van der Waals surface area contributed by atoms with E-state index in [-0.39, 0.29) is 5.60 Å². The number of nitrogens with zero attached hydrogens (tertiary/aromatic N) is 1. The van der Waals surface area contributed by atoms with Crippen LogP contribution in [0.1, 0.15) is 32.3 Å². The zero-order valence-electron chi connectivity index (χ0n) is 10.3. The first-order valence-corrected chi connectivity index (χ1v) is 6.21. The summed E-state index contributed by atoms with van der Waals surface area (Å²) in [4.78, 5) is 0. The average molecular weight is 222 g/mol. The van der Waals surface area contributed by atoms with E-state index < -0.39 is 0 Å². The molecule has 2 rings (SSSR count). The van der Waals surface area contributed by atoms with E-state index in [0.29, 0.717) is 0 Å². The SMILES string of the molecule is CCn1ccc(CNCC2(C)CCCO2)c1. The van der Waals surface area contributed by atoms with E-state index in [0.717, 1.165) is 26.2 Å². The van der Waals surface area contributed by atoms with Gasteiger partial charge in [-0.05, 0) is 38.3 Å². The molecule has 1 unspecified atom stereocenters. The molecule has 90 valence electrons. The molecular weight excluding hydrogens is 200 g/mol. The van der Waals surface area contributed by atoms with E-state index in [2.05, 4.69) is 42.2 Å². The molecule has 0 radical (unpaired) electrons. The maximum absolute atomic E-state index is 5.74. The molecule has 3 nitrogen and oxygen atoms in total. The van der Waals surface area contributed by atoms with Gasteiger partial charge in [0.05, 0.1) is 5.60 Å². The van der Waals surface area contributed by atoms with Crippen LogP contribution in [-0.2, 0) is 17.8 Å². The molecule has 16 heavy (non-hydrogen) atoms. The number of aryl methyl sites for hydroxylation is 1. The predicted molar refractivity (Wildman–Crippen MR) is 65.4 cm³/mol. The molecule has 0 aliphatic carbocycles. The number of rotatable bonds is 5. The Balaban J connectivity index is 1.75. The van der Waals surface area contributed by atoms with Gasteiger partial charge in [0, 0.05) is 38.6 Å². The minimum Gasteiger partial charge on any atom is -0.374 e. The second-order valence-corrected chi connectivity index (χ2v) is 4.86. The van der Waals surface area contributed by atoms with E-state index in [9.17, 15) is 0 Å². The molecule has 1 fully saturated rings. The fourth-order valence-corrected chi connectivity index (χ4v) is 2.24. The summed E-state index contributed by atoms with van der Waals surface area (Å²) in [6.07, 6.45) is 6.70. The lowest BCUT2D eigenvalue weighted by molar-refractivity contribution is 0.0207. The van der Waals surface area contributed by atoms with Crippen LogP contribution in [0.3, 0.4) is 0 Å². The number of ether oxygens (including phenoxy) is 1. The van der Waals surface area contributed by atoms with Gasteiger partial charge in [-0.15, -0.1) is 0 Å². The third kappa shape index (κ3) is 2.86. The van der Waals surface area contributed by atoms with Crippen molar-refractivity contribution in [2.45, 2.75) is 45.4 Å². The Morgan fingerprint density at radius 2 is 2.44 bits per heavy atom. The third-order valence-electron chi connectivity index (χ3n) is 3.31. The van der Waals surface area contributed by atoms with Crippen molar-refractivity contribution in [3.63, 3.8) is 0 Å². The van der Waals surface area contributed by atoms with E-state index >= 15 is 0 Å². The van der Waals surface area contributed by atoms with Gasteiger partial charge in [0.1, 0.15) is 0 Å². The van der Waals surface area contributed by atoms with E-state index in [1.54, 1.807) is 0 Å². The van der Waals surface area contributed by atoms with Crippen LogP contribution in [0.15, 0.2) is 18.5 Å². The number of hydrogen-bond donors (Lipinski definition) is 1. The molecule has 1 N–H and O–H groups in total. The molecular formula is C13H22N2O. The monoisotopic (exact) mass is 222 g/mol. The van der Waals surface area contributed by atoms with Gasteiger partial charge in [-0.2, -0.15) is 0 Å². The van der Waals surface area contributed by atoms with Crippen molar-refractivity contribution < 1.29 is 4.74 Å². The van der Waals surface area contributed by atoms with Crippen LogP contribution < -0.4 is 5.32 Å². The summed E-state index contributed by atoms with van der Waals surface area (Å²) < 4.78 is 7.94. The van der Waals surface area contributed by atoms with Crippen molar-refractivity contribution in [2.24, 2.45) is 0 Å². The Hall–Kier alpha value is -0.800. The molecule has 1 aromatic rings. The molecule has 1 saturated heterocycles. The van der Waals surface area contributed by atoms with Gasteiger partial charge >= 0.3 is 0 Å². The minimum atomic E-state index is 0.0628. The number of aromatic nitrogens is 1. The summed E-state index contributed by atoms with van der Waals surface area (Å²) in [6.45, 7) is 8.20. The first kappa shape index (κ1) is 11.7. The van der Waals surface area contributed by atoms with Crippen molar-refractivity contribution >= 4 is 0 Å². The van der Waals surface area contributed by atoms with E-state index in [1.807, 2.05) is 0 Å². The van der Waals surface area contributed by atoms with Crippen molar-refractivity contribution in [1.82, 2.24) is 9.88 Å². The third-order valence-corrected chi connectivity index (χ3v) is 3.31. The summed E-state index contributed by atoms with van der Waals surface area (Å²) in [5.41, 5.74) is 1.41. The zero-order valence-corrected chi connectivity index (χ0v) is 10.3. The van der Waals surface area contributed by atoms with Crippen LogP contribution in [0, 0.1) is 0 Å². The van der Waals surface area contributed by atoms with Gasteiger partial charge in [-0.25, -0.2) is 0 Å². The zero-order chi connectivity index (χ0) is 11.4. The molecule has 0 saturated carbocycles. The smallest absolute Gasteiger partial charge is 0.0779 e. The Bertz CT molecular complexity index is 326. The highest BCUT2D eigenvalue weighted by Crippen LogP contribution is 2.23. The molecule has 1 atom stereocenters. The maximum atomic E-state index is 5.74. The fourth-order valence-electron chi connectivity index (χ4n) is 2.24. The Morgan fingerprint density at radius 3 is 3.06 bits per heavy atom. The quantitative estimate of drug-likeness (QED) is 0.826. The molecule has 1 aliphatic rings. The van der Waals surface area contributed by atoms with Gasteiger partial charge in [0.25, 0.3) is 0 Å². The van der Waals surface area contributed by atoms with Gasteiger partial charge in [0.2, 0.25) is 0 Å². The first-order chi connectivity index (χ1) is 7.72. The van der Waals surface area contributed by atoms with Crippen LogP contribution in [-0.4, -0.2) is 23.3 Å². The molecule has 0 aromatic carbocycles. The summed E-state index contributed by atoms with van der Waals surface area (Å²) in [7, 11) is 0. The minimum absolute atomic E-state index is 0.0628.